The number of ether oxygens (including phenoxy) is 1. The molecule has 3 rings (SSSR count). The summed E-state index contributed by atoms with van der Waals surface area (Å²) in [6.45, 7) is 6.10. The maximum Gasteiger partial charge on any atom is 0.410 e. The van der Waals surface area contributed by atoms with Crippen LogP contribution in [-0.2, 0) is 9.53 Å². The van der Waals surface area contributed by atoms with Crippen LogP contribution < -0.4 is 5.48 Å². The van der Waals surface area contributed by atoms with Crippen LogP contribution in [0.4, 0.5) is 4.79 Å². The van der Waals surface area contributed by atoms with Crippen LogP contribution in [0, 0.1) is 5.92 Å². The lowest BCUT2D eigenvalue weighted by atomic mass is 9.84. The Morgan fingerprint density at radius 1 is 1.22 bits per heavy atom. The molecule has 1 saturated carbocycles. The van der Waals surface area contributed by atoms with Gasteiger partial charge in [-0.2, -0.15) is 4.98 Å². The molecule has 1 aliphatic carbocycles. The SMILES string of the molecule is CC(C)(C)OC(=O)N1CCCC1c1noc(C(CCCC2CCCCC2)CC(=O)NO)n1. The second-order valence-corrected chi connectivity index (χ2v) is 10.2. The minimum absolute atomic E-state index is 0.0866. The van der Waals surface area contributed by atoms with Gasteiger partial charge in [0.05, 0.1) is 6.04 Å². The molecule has 2 N–H and O–H groups in total. The van der Waals surface area contributed by atoms with E-state index in [-0.39, 0.29) is 24.5 Å². The molecule has 0 bridgehead atoms. The molecule has 2 atom stereocenters. The van der Waals surface area contributed by atoms with Crippen LogP contribution in [0.1, 0.15) is 115 Å². The Bertz CT molecular complexity index is 754. The van der Waals surface area contributed by atoms with Crippen molar-refractivity contribution in [3.8, 4) is 0 Å². The molecule has 0 spiro atoms. The first-order valence-corrected chi connectivity index (χ1v) is 12.0. The first-order valence-electron chi connectivity index (χ1n) is 12.0. The lowest BCUT2D eigenvalue weighted by Crippen LogP contribution is -2.36. The smallest absolute Gasteiger partial charge is 0.410 e. The van der Waals surface area contributed by atoms with Crippen LogP contribution in [0.25, 0.3) is 0 Å². The molecule has 2 aliphatic rings. The molecule has 0 radical (unpaired) electrons. The van der Waals surface area contributed by atoms with E-state index in [4.69, 9.17) is 14.5 Å². The van der Waals surface area contributed by atoms with Crippen molar-refractivity contribution in [3.63, 3.8) is 0 Å². The number of amides is 2. The van der Waals surface area contributed by atoms with Crippen molar-refractivity contribution in [2.24, 2.45) is 5.92 Å². The van der Waals surface area contributed by atoms with Crippen molar-refractivity contribution in [1.82, 2.24) is 20.5 Å². The van der Waals surface area contributed by atoms with Gasteiger partial charge in [-0.05, 0) is 46.0 Å². The summed E-state index contributed by atoms with van der Waals surface area (Å²) in [7, 11) is 0. The number of nitrogens with zero attached hydrogens (tertiary/aromatic N) is 3. The monoisotopic (exact) mass is 450 g/mol. The van der Waals surface area contributed by atoms with Gasteiger partial charge in [-0.1, -0.05) is 50.1 Å². The molecular weight excluding hydrogens is 412 g/mol. The zero-order chi connectivity index (χ0) is 23.1. The molecule has 2 amide bonds. The molecule has 180 valence electrons. The zero-order valence-corrected chi connectivity index (χ0v) is 19.6. The average Bonchev–Trinajstić information content (AvgIpc) is 3.42. The number of nitrogens with one attached hydrogen (secondary N) is 1. The van der Waals surface area contributed by atoms with Crippen molar-refractivity contribution in [2.45, 2.75) is 109 Å². The van der Waals surface area contributed by atoms with Gasteiger partial charge in [-0.15, -0.1) is 0 Å². The van der Waals surface area contributed by atoms with Crippen LogP contribution in [0.5, 0.6) is 0 Å². The van der Waals surface area contributed by atoms with E-state index in [0.717, 1.165) is 38.0 Å². The summed E-state index contributed by atoms with van der Waals surface area (Å²) in [5.41, 5.74) is 1.14. The molecule has 2 unspecified atom stereocenters. The highest BCUT2D eigenvalue weighted by atomic mass is 16.6. The maximum absolute atomic E-state index is 12.6. The number of hydroxylamine groups is 1. The highest BCUT2D eigenvalue weighted by Gasteiger charge is 2.36. The Kier molecular flexibility index (Phi) is 8.51. The Labute approximate surface area is 190 Å². The number of aromatic nitrogens is 2. The summed E-state index contributed by atoms with van der Waals surface area (Å²) in [4.78, 5) is 30.7. The number of rotatable bonds is 8. The minimum atomic E-state index is -0.576. The molecule has 1 aromatic rings. The van der Waals surface area contributed by atoms with Gasteiger partial charge >= 0.3 is 6.09 Å². The van der Waals surface area contributed by atoms with Crippen LogP contribution >= 0.6 is 0 Å². The summed E-state index contributed by atoms with van der Waals surface area (Å²) in [5, 5.41) is 13.2. The lowest BCUT2D eigenvalue weighted by molar-refractivity contribution is -0.129. The molecule has 1 aliphatic heterocycles. The van der Waals surface area contributed by atoms with Crippen LogP contribution in [0.15, 0.2) is 4.52 Å². The van der Waals surface area contributed by atoms with Crippen molar-refractivity contribution >= 4 is 12.0 Å². The molecule has 1 saturated heterocycles. The van der Waals surface area contributed by atoms with E-state index in [1.165, 1.54) is 32.1 Å². The molecule has 0 aromatic carbocycles. The maximum atomic E-state index is 12.6. The number of carbonyl (C=O) groups excluding carboxylic acids is 2. The second-order valence-electron chi connectivity index (χ2n) is 10.2. The van der Waals surface area contributed by atoms with Crippen LogP contribution in [0.3, 0.4) is 0 Å². The topological polar surface area (TPSA) is 118 Å². The highest BCUT2D eigenvalue weighted by molar-refractivity contribution is 5.75. The Hall–Kier alpha value is -2.16. The van der Waals surface area contributed by atoms with Gasteiger partial charge in [0.25, 0.3) is 0 Å². The fraction of sp³-hybridized carbons (Fsp3) is 0.826. The third-order valence-corrected chi connectivity index (χ3v) is 6.43. The van der Waals surface area contributed by atoms with Crippen molar-refractivity contribution < 1.29 is 24.1 Å². The summed E-state index contributed by atoms with van der Waals surface area (Å²) in [6, 6.07) is -0.295. The van der Waals surface area contributed by atoms with Gasteiger partial charge < -0.3 is 9.26 Å². The first-order chi connectivity index (χ1) is 15.3. The van der Waals surface area contributed by atoms with Crippen molar-refractivity contribution in [3.05, 3.63) is 11.7 Å². The van der Waals surface area contributed by atoms with Crippen molar-refractivity contribution in [2.75, 3.05) is 6.54 Å². The van der Waals surface area contributed by atoms with E-state index in [2.05, 4.69) is 10.1 Å². The molecule has 9 nitrogen and oxygen atoms in total. The van der Waals surface area contributed by atoms with Gasteiger partial charge in [0, 0.05) is 18.9 Å². The largest absolute Gasteiger partial charge is 0.444 e. The Balaban J connectivity index is 1.65. The highest BCUT2D eigenvalue weighted by Crippen LogP contribution is 2.34. The predicted molar refractivity (Wildman–Crippen MR) is 117 cm³/mol. The third kappa shape index (κ3) is 6.92. The normalized spacial score (nSPS) is 20.9. The minimum Gasteiger partial charge on any atom is -0.444 e. The molecule has 32 heavy (non-hydrogen) atoms. The zero-order valence-electron chi connectivity index (χ0n) is 19.6. The molecule has 1 aromatic heterocycles. The summed E-state index contributed by atoms with van der Waals surface area (Å²) < 4.78 is 11.1. The van der Waals surface area contributed by atoms with Crippen LogP contribution in [0.2, 0.25) is 0 Å². The molecule has 2 fully saturated rings. The van der Waals surface area contributed by atoms with Gasteiger partial charge in [-0.25, -0.2) is 10.3 Å². The number of hydrogen-bond acceptors (Lipinski definition) is 7. The fourth-order valence-electron chi connectivity index (χ4n) is 4.83. The standard InChI is InChI=1S/C23H38N4O5/c1-23(2,3)31-22(29)27-14-8-13-18(27)20-24-21(32-26-20)17(15-19(28)25-30)12-7-11-16-9-5-4-6-10-16/h16-18,30H,4-15H2,1-3H3,(H,25,28). The van der Waals surface area contributed by atoms with Gasteiger partial charge in [-0.3, -0.25) is 14.9 Å². The number of likely N-dealkylation sites (tertiary alicyclic amines) is 1. The average molecular weight is 451 g/mol. The third-order valence-electron chi connectivity index (χ3n) is 6.43. The van der Waals surface area contributed by atoms with Gasteiger partial charge in [0.1, 0.15) is 5.60 Å². The molecular formula is C23H38N4O5. The Morgan fingerprint density at radius 2 is 1.97 bits per heavy atom. The van der Waals surface area contributed by atoms with E-state index >= 15 is 0 Å². The second kappa shape index (κ2) is 11.1. The number of carbonyl (C=O) groups is 2. The fourth-order valence-corrected chi connectivity index (χ4v) is 4.83. The summed E-state index contributed by atoms with van der Waals surface area (Å²) in [6.07, 6.45) is 10.7. The van der Waals surface area contributed by atoms with Crippen molar-refractivity contribution in [1.29, 1.82) is 0 Å². The number of hydrogen-bond donors (Lipinski definition) is 2. The van der Waals surface area contributed by atoms with E-state index < -0.39 is 11.5 Å². The lowest BCUT2D eigenvalue weighted by Gasteiger charge is -2.27. The van der Waals surface area contributed by atoms with E-state index in [1.54, 1.807) is 10.4 Å². The molecule has 9 heteroatoms. The van der Waals surface area contributed by atoms with E-state index in [0.29, 0.717) is 18.3 Å². The summed E-state index contributed by atoms with van der Waals surface area (Å²) in [5.74, 6) is 0.871. The van der Waals surface area contributed by atoms with Crippen LogP contribution in [-0.4, -0.2) is 44.4 Å². The quantitative estimate of drug-likeness (QED) is 0.428. The van der Waals surface area contributed by atoms with Gasteiger partial charge in [0.15, 0.2) is 5.82 Å². The first kappa shape index (κ1) is 24.5. The van der Waals surface area contributed by atoms with E-state index in [1.807, 2.05) is 20.8 Å². The van der Waals surface area contributed by atoms with E-state index in [9.17, 15) is 9.59 Å². The molecule has 2 heterocycles. The van der Waals surface area contributed by atoms with Gasteiger partial charge in [0.2, 0.25) is 11.8 Å². The Morgan fingerprint density at radius 3 is 2.66 bits per heavy atom. The predicted octanol–water partition coefficient (Wildman–Crippen LogP) is 4.87. The summed E-state index contributed by atoms with van der Waals surface area (Å²) >= 11 is 0.